The average molecular weight is 378 g/mol. The maximum Gasteiger partial charge on any atom is 0.271 e. The summed E-state index contributed by atoms with van der Waals surface area (Å²) < 4.78 is 0.364. The van der Waals surface area contributed by atoms with Crippen LogP contribution in [0.4, 0.5) is 11.5 Å². The molecule has 2 heterocycles. The fourth-order valence-electron chi connectivity index (χ4n) is 2.01. The standard InChI is InChI=1S/C15H8ClN3O3S2/c16-10-3-6-13(17-8-10)18-14(20)12(24-15(18)23)7-9-1-4-11(5-2-9)19(21)22/h1-8H/b12-7-. The minimum atomic E-state index is -0.477. The third-order valence-electron chi connectivity index (χ3n) is 3.14. The topological polar surface area (TPSA) is 76.3 Å². The number of thiocarbonyl (C=S) groups is 1. The van der Waals surface area contributed by atoms with Gasteiger partial charge in [0.15, 0.2) is 4.32 Å². The summed E-state index contributed by atoms with van der Waals surface area (Å²) in [6, 6.07) is 9.15. The van der Waals surface area contributed by atoms with E-state index < -0.39 is 4.92 Å². The van der Waals surface area contributed by atoms with E-state index in [0.717, 1.165) is 11.8 Å². The van der Waals surface area contributed by atoms with E-state index in [-0.39, 0.29) is 11.6 Å². The molecule has 2 aromatic rings. The van der Waals surface area contributed by atoms with Crippen molar-refractivity contribution in [2.24, 2.45) is 0 Å². The molecule has 0 saturated carbocycles. The smallest absolute Gasteiger partial charge is 0.268 e. The van der Waals surface area contributed by atoms with Gasteiger partial charge in [0.25, 0.3) is 11.6 Å². The molecule has 6 nitrogen and oxygen atoms in total. The molecular formula is C15H8ClN3O3S2. The summed E-state index contributed by atoms with van der Waals surface area (Å²) >= 11 is 12.2. The van der Waals surface area contributed by atoms with Gasteiger partial charge in [0.05, 0.1) is 14.9 Å². The second kappa shape index (κ2) is 6.68. The first-order chi connectivity index (χ1) is 11.5. The van der Waals surface area contributed by atoms with Crippen LogP contribution in [0.5, 0.6) is 0 Å². The Balaban J connectivity index is 1.87. The van der Waals surface area contributed by atoms with Gasteiger partial charge in [-0.1, -0.05) is 35.6 Å². The molecule has 0 radical (unpaired) electrons. The van der Waals surface area contributed by atoms with E-state index in [0.29, 0.717) is 25.6 Å². The summed E-state index contributed by atoms with van der Waals surface area (Å²) in [7, 11) is 0. The third-order valence-corrected chi connectivity index (χ3v) is 4.66. The predicted octanol–water partition coefficient (Wildman–Crippen LogP) is 4.05. The number of thioether (sulfide) groups is 1. The quantitative estimate of drug-likeness (QED) is 0.347. The minimum absolute atomic E-state index is 0.00920. The lowest BCUT2D eigenvalue weighted by atomic mass is 10.2. The molecule has 120 valence electrons. The van der Waals surface area contributed by atoms with Gasteiger partial charge < -0.3 is 0 Å². The molecule has 1 aromatic heterocycles. The van der Waals surface area contributed by atoms with E-state index in [1.165, 1.54) is 23.2 Å². The van der Waals surface area contributed by atoms with E-state index >= 15 is 0 Å². The van der Waals surface area contributed by atoms with Gasteiger partial charge >= 0.3 is 0 Å². The molecule has 0 spiro atoms. The highest BCUT2D eigenvalue weighted by Gasteiger charge is 2.34. The van der Waals surface area contributed by atoms with Crippen molar-refractivity contribution in [3.8, 4) is 0 Å². The van der Waals surface area contributed by atoms with Crippen molar-refractivity contribution in [3.63, 3.8) is 0 Å². The fourth-order valence-corrected chi connectivity index (χ4v) is 3.40. The molecule has 1 fully saturated rings. The van der Waals surface area contributed by atoms with Gasteiger partial charge in [-0.05, 0) is 35.9 Å². The highest BCUT2D eigenvalue weighted by molar-refractivity contribution is 8.27. The zero-order valence-electron chi connectivity index (χ0n) is 11.9. The molecule has 0 atom stereocenters. The number of nitro benzene ring substituents is 1. The molecule has 1 aromatic carbocycles. The first-order valence-corrected chi connectivity index (χ1v) is 8.20. The highest BCUT2D eigenvalue weighted by atomic mass is 35.5. The number of aromatic nitrogens is 1. The second-order valence-electron chi connectivity index (χ2n) is 4.70. The Morgan fingerprint density at radius 1 is 1.25 bits per heavy atom. The minimum Gasteiger partial charge on any atom is -0.268 e. The van der Waals surface area contributed by atoms with Crippen LogP contribution >= 0.6 is 35.6 Å². The molecule has 24 heavy (non-hydrogen) atoms. The molecule has 0 N–H and O–H groups in total. The van der Waals surface area contributed by atoms with E-state index in [1.807, 2.05) is 0 Å². The highest BCUT2D eigenvalue weighted by Crippen LogP contribution is 2.35. The summed E-state index contributed by atoms with van der Waals surface area (Å²) in [4.78, 5) is 28.6. The van der Waals surface area contributed by atoms with Gasteiger partial charge in [-0.2, -0.15) is 0 Å². The van der Waals surface area contributed by atoms with E-state index in [4.69, 9.17) is 23.8 Å². The van der Waals surface area contributed by atoms with E-state index in [1.54, 1.807) is 30.3 Å². The number of carbonyl (C=O) groups is 1. The zero-order chi connectivity index (χ0) is 17.3. The number of amides is 1. The van der Waals surface area contributed by atoms with Gasteiger partial charge in [0, 0.05) is 18.3 Å². The molecule has 0 bridgehead atoms. The zero-order valence-corrected chi connectivity index (χ0v) is 14.3. The van der Waals surface area contributed by atoms with Crippen LogP contribution in [0.15, 0.2) is 47.5 Å². The van der Waals surface area contributed by atoms with Gasteiger partial charge in [0.2, 0.25) is 0 Å². The Morgan fingerprint density at radius 2 is 1.96 bits per heavy atom. The summed E-state index contributed by atoms with van der Waals surface area (Å²) in [6.45, 7) is 0. The van der Waals surface area contributed by atoms with Crippen LogP contribution in [0.25, 0.3) is 6.08 Å². The molecule has 1 aliphatic rings. The van der Waals surface area contributed by atoms with Crippen molar-refractivity contribution >= 4 is 63.4 Å². The Morgan fingerprint density at radius 3 is 2.54 bits per heavy atom. The first kappa shape index (κ1) is 16.6. The van der Waals surface area contributed by atoms with Crippen molar-refractivity contribution in [3.05, 3.63) is 68.2 Å². The number of pyridine rings is 1. The van der Waals surface area contributed by atoms with Gasteiger partial charge in [-0.25, -0.2) is 9.88 Å². The van der Waals surface area contributed by atoms with Crippen molar-refractivity contribution in [2.75, 3.05) is 4.90 Å². The average Bonchev–Trinajstić information content (AvgIpc) is 2.83. The number of rotatable bonds is 3. The first-order valence-electron chi connectivity index (χ1n) is 6.59. The van der Waals surface area contributed by atoms with Crippen molar-refractivity contribution in [1.82, 2.24) is 4.98 Å². The molecule has 1 aliphatic heterocycles. The Labute approximate surface area is 151 Å². The van der Waals surface area contributed by atoms with Crippen LogP contribution < -0.4 is 4.90 Å². The van der Waals surface area contributed by atoms with Crippen LogP contribution in [-0.4, -0.2) is 20.1 Å². The normalized spacial score (nSPS) is 16.0. The summed E-state index contributed by atoms with van der Waals surface area (Å²) in [5.74, 6) is 0.104. The van der Waals surface area contributed by atoms with E-state index in [2.05, 4.69) is 4.98 Å². The number of benzene rings is 1. The predicted molar refractivity (Wildman–Crippen MR) is 98.0 cm³/mol. The molecule has 0 unspecified atom stereocenters. The summed E-state index contributed by atoms with van der Waals surface area (Å²) in [5, 5.41) is 11.1. The van der Waals surface area contributed by atoms with Crippen molar-refractivity contribution in [2.45, 2.75) is 0 Å². The van der Waals surface area contributed by atoms with E-state index in [9.17, 15) is 14.9 Å². The summed E-state index contributed by atoms with van der Waals surface area (Å²) in [6.07, 6.45) is 3.08. The van der Waals surface area contributed by atoms with Crippen LogP contribution in [-0.2, 0) is 4.79 Å². The lowest BCUT2D eigenvalue weighted by Crippen LogP contribution is -2.28. The number of halogens is 1. The lowest BCUT2D eigenvalue weighted by molar-refractivity contribution is -0.384. The monoisotopic (exact) mass is 377 g/mol. The van der Waals surface area contributed by atoms with Gasteiger partial charge in [-0.3, -0.25) is 14.9 Å². The molecule has 9 heteroatoms. The molecule has 1 amide bonds. The number of hydrogen-bond donors (Lipinski definition) is 0. The van der Waals surface area contributed by atoms with Crippen LogP contribution in [0.2, 0.25) is 5.02 Å². The third kappa shape index (κ3) is 3.30. The lowest BCUT2D eigenvalue weighted by Gasteiger charge is -2.12. The van der Waals surface area contributed by atoms with Crippen LogP contribution in [0, 0.1) is 10.1 Å². The largest absolute Gasteiger partial charge is 0.271 e. The fraction of sp³-hybridized carbons (Fsp3) is 0. The molecule has 0 aliphatic carbocycles. The molecular weight excluding hydrogens is 370 g/mol. The number of anilines is 1. The second-order valence-corrected chi connectivity index (χ2v) is 6.81. The number of hydrogen-bond acceptors (Lipinski definition) is 6. The van der Waals surface area contributed by atoms with Crippen molar-refractivity contribution in [1.29, 1.82) is 0 Å². The Hall–Kier alpha value is -2.29. The van der Waals surface area contributed by atoms with Crippen LogP contribution in [0.3, 0.4) is 0 Å². The maximum absolute atomic E-state index is 12.5. The Kier molecular flexibility index (Phi) is 4.61. The van der Waals surface area contributed by atoms with Crippen molar-refractivity contribution < 1.29 is 9.72 Å². The number of non-ortho nitro benzene ring substituents is 1. The number of carbonyl (C=O) groups excluding carboxylic acids is 1. The van der Waals surface area contributed by atoms with Crippen LogP contribution in [0.1, 0.15) is 5.56 Å². The maximum atomic E-state index is 12.5. The number of nitrogens with zero attached hydrogens (tertiary/aromatic N) is 3. The Bertz CT molecular complexity index is 867. The SMILES string of the molecule is O=C1/C(=C/c2ccc([N+](=O)[O-])cc2)SC(=S)N1c1ccc(Cl)cn1. The van der Waals surface area contributed by atoms with Gasteiger partial charge in [-0.15, -0.1) is 0 Å². The molecule has 1 saturated heterocycles. The van der Waals surface area contributed by atoms with Gasteiger partial charge in [0.1, 0.15) is 5.82 Å². The molecule has 3 rings (SSSR count). The summed E-state index contributed by atoms with van der Waals surface area (Å²) in [5.41, 5.74) is 0.662. The number of nitro groups is 1.